The van der Waals surface area contributed by atoms with Gasteiger partial charge in [0.05, 0.1) is 12.4 Å². The monoisotopic (exact) mass is 242 g/mol. The molecule has 0 spiro atoms. The van der Waals surface area contributed by atoms with E-state index in [1.54, 1.807) is 16.9 Å². The average molecular weight is 242 g/mol. The summed E-state index contributed by atoms with van der Waals surface area (Å²) in [6.45, 7) is 0.823. The molecule has 0 aliphatic heterocycles. The first-order valence-electron chi connectivity index (χ1n) is 5.83. The Hall–Kier alpha value is -2.37. The molecule has 0 amide bonds. The van der Waals surface area contributed by atoms with E-state index in [2.05, 4.69) is 20.5 Å². The van der Waals surface area contributed by atoms with Crippen molar-refractivity contribution in [3.8, 4) is 0 Å². The number of hydrogen-bond acceptors (Lipinski definition) is 4. The Morgan fingerprint density at radius 3 is 3.06 bits per heavy atom. The number of nitrogens with zero attached hydrogens (tertiary/aromatic N) is 5. The smallest absolute Gasteiger partial charge is 0.152 e. The molecule has 0 saturated carbocycles. The highest BCUT2D eigenvalue weighted by atomic mass is 15.2. The van der Waals surface area contributed by atoms with Gasteiger partial charge in [-0.2, -0.15) is 10.2 Å². The second-order valence-corrected chi connectivity index (χ2v) is 4.14. The summed E-state index contributed by atoms with van der Waals surface area (Å²) in [4.78, 5) is 4.32. The zero-order chi connectivity index (χ0) is 12.4. The largest absolute Gasteiger partial charge is 0.368 e. The van der Waals surface area contributed by atoms with E-state index in [0.29, 0.717) is 0 Å². The fourth-order valence-electron chi connectivity index (χ4n) is 1.92. The van der Waals surface area contributed by atoms with E-state index < -0.39 is 0 Å². The fraction of sp³-hybridized carbons (Fsp3) is 0.250. The van der Waals surface area contributed by atoms with Crippen molar-refractivity contribution in [2.45, 2.75) is 6.42 Å². The first-order chi connectivity index (χ1) is 8.83. The zero-order valence-electron chi connectivity index (χ0n) is 10.1. The van der Waals surface area contributed by atoms with Crippen molar-refractivity contribution in [1.29, 1.82) is 0 Å². The lowest BCUT2D eigenvalue weighted by Gasteiger charge is -2.05. The molecule has 0 saturated heterocycles. The molecule has 0 atom stereocenters. The molecule has 18 heavy (non-hydrogen) atoms. The van der Waals surface area contributed by atoms with E-state index in [1.807, 2.05) is 36.4 Å². The maximum absolute atomic E-state index is 4.32. The third-order valence-corrected chi connectivity index (χ3v) is 2.79. The normalized spacial score (nSPS) is 10.9. The van der Waals surface area contributed by atoms with Gasteiger partial charge in [0.1, 0.15) is 5.52 Å². The molecule has 3 aromatic heterocycles. The maximum Gasteiger partial charge on any atom is 0.152 e. The number of anilines is 1. The Balaban J connectivity index is 1.68. The number of nitrogens with one attached hydrogen (secondary N) is 1. The molecule has 6 heteroatoms. The van der Waals surface area contributed by atoms with Crippen molar-refractivity contribution in [1.82, 2.24) is 24.4 Å². The van der Waals surface area contributed by atoms with Crippen LogP contribution in [-0.2, 0) is 13.5 Å². The van der Waals surface area contributed by atoms with Gasteiger partial charge in [0.25, 0.3) is 0 Å². The van der Waals surface area contributed by atoms with Crippen LogP contribution in [0.4, 0.5) is 5.82 Å². The second kappa shape index (κ2) is 4.48. The molecular weight excluding hydrogens is 228 g/mol. The summed E-state index contributed by atoms with van der Waals surface area (Å²) in [7, 11) is 1.92. The summed E-state index contributed by atoms with van der Waals surface area (Å²) in [6.07, 6.45) is 10.2. The molecule has 0 aliphatic carbocycles. The fourth-order valence-corrected chi connectivity index (χ4v) is 1.92. The molecule has 0 fully saturated rings. The van der Waals surface area contributed by atoms with Crippen LogP contribution in [0.2, 0.25) is 0 Å². The Bertz CT molecular complexity index is 653. The molecule has 0 unspecified atom stereocenters. The molecule has 1 N–H and O–H groups in total. The maximum atomic E-state index is 4.32. The highest BCUT2D eigenvalue weighted by Gasteiger charge is 2.02. The summed E-state index contributed by atoms with van der Waals surface area (Å²) >= 11 is 0. The van der Waals surface area contributed by atoms with Crippen molar-refractivity contribution in [3.05, 3.63) is 42.6 Å². The van der Waals surface area contributed by atoms with E-state index in [0.717, 1.165) is 24.3 Å². The van der Waals surface area contributed by atoms with Crippen LogP contribution in [0, 0.1) is 0 Å². The minimum absolute atomic E-state index is 0.823. The first-order valence-corrected chi connectivity index (χ1v) is 5.83. The molecule has 3 heterocycles. The van der Waals surface area contributed by atoms with Gasteiger partial charge >= 0.3 is 0 Å². The lowest BCUT2D eigenvalue weighted by molar-refractivity contribution is 0.767. The Labute approximate surface area is 104 Å². The van der Waals surface area contributed by atoms with Gasteiger partial charge in [-0.3, -0.25) is 4.68 Å². The van der Waals surface area contributed by atoms with Gasteiger partial charge in [-0.05, 0) is 18.1 Å². The summed E-state index contributed by atoms with van der Waals surface area (Å²) in [5.74, 6) is 0.860. The summed E-state index contributed by atoms with van der Waals surface area (Å²) in [5, 5.41) is 11.6. The summed E-state index contributed by atoms with van der Waals surface area (Å²) in [5.41, 5.74) is 2.20. The van der Waals surface area contributed by atoms with E-state index in [1.165, 1.54) is 5.56 Å². The van der Waals surface area contributed by atoms with E-state index >= 15 is 0 Å². The van der Waals surface area contributed by atoms with Crippen LogP contribution in [0.5, 0.6) is 0 Å². The summed E-state index contributed by atoms with van der Waals surface area (Å²) in [6, 6.07) is 1.94. The van der Waals surface area contributed by atoms with Gasteiger partial charge in [0.2, 0.25) is 0 Å². The van der Waals surface area contributed by atoms with Crippen molar-refractivity contribution in [2.75, 3.05) is 11.9 Å². The van der Waals surface area contributed by atoms with Crippen LogP contribution in [0.25, 0.3) is 5.52 Å². The lowest BCUT2D eigenvalue weighted by Crippen LogP contribution is -2.07. The third kappa shape index (κ3) is 2.04. The minimum atomic E-state index is 0.823. The van der Waals surface area contributed by atoms with Crippen molar-refractivity contribution in [2.24, 2.45) is 7.05 Å². The second-order valence-electron chi connectivity index (χ2n) is 4.14. The SMILES string of the molecule is Cn1cc(CCNc2nccn3nccc23)cn1. The number of rotatable bonds is 4. The molecule has 3 aromatic rings. The number of aromatic nitrogens is 5. The van der Waals surface area contributed by atoms with Gasteiger partial charge in [-0.25, -0.2) is 9.50 Å². The van der Waals surface area contributed by atoms with Crippen molar-refractivity contribution in [3.63, 3.8) is 0 Å². The molecule has 6 nitrogen and oxygen atoms in total. The predicted molar refractivity (Wildman–Crippen MR) is 68.4 cm³/mol. The van der Waals surface area contributed by atoms with Gasteiger partial charge in [0, 0.05) is 32.2 Å². The van der Waals surface area contributed by atoms with Crippen LogP contribution >= 0.6 is 0 Å². The molecule has 92 valence electrons. The van der Waals surface area contributed by atoms with Crippen LogP contribution in [0.3, 0.4) is 0 Å². The summed E-state index contributed by atoms with van der Waals surface area (Å²) < 4.78 is 3.62. The van der Waals surface area contributed by atoms with Gasteiger partial charge in [0.15, 0.2) is 5.82 Å². The molecule has 0 aliphatic rings. The number of hydrogen-bond donors (Lipinski definition) is 1. The van der Waals surface area contributed by atoms with Gasteiger partial charge in [-0.15, -0.1) is 0 Å². The molecule has 0 bridgehead atoms. The Morgan fingerprint density at radius 2 is 2.22 bits per heavy atom. The van der Waals surface area contributed by atoms with Crippen LogP contribution in [0.15, 0.2) is 37.1 Å². The van der Waals surface area contributed by atoms with Crippen LogP contribution in [0.1, 0.15) is 5.56 Å². The highest BCUT2D eigenvalue weighted by Crippen LogP contribution is 2.12. The average Bonchev–Trinajstić information content (AvgIpc) is 2.98. The molecule has 0 radical (unpaired) electrons. The van der Waals surface area contributed by atoms with E-state index in [9.17, 15) is 0 Å². The topological polar surface area (TPSA) is 60.0 Å². The molecular formula is C12H14N6. The first kappa shape index (κ1) is 10.8. The molecule has 3 rings (SSSR count). The van der Waals surface area contributed by atoms with Crippen molar-refractivity contribution < 1.29 is 0 Å². The predicted octanol–water partition coefficient (Wildman–Crippen LogP) is 1.12. The Morgan fingerprint density at radius 1 is 1.28 bits per heavy atom. The van der Waals surface area contributed by atoms with E-state index in [-0.39, 0.29) is 0 Å². The van der Waals surface area contributed by atoms with Crippen LogP contribution in [-0.4, -0.2) is 30.9 Å². The van der Waals surface area contributed by atoms with Gasteiger partial charge in [-0.1, -0.05) is 0 Å². The molecule has 0 aromatic carbocycles. The lowest BCUT2D eigenvalue weighted by atomic mass is 10.2. The third-order valence-electron chi connectivity index (χ3n) is 2.79. The Kier molecular flexibility index (Phi) is 2.68. The highest BCUT2D eigenvalue weighted by molar-refractivity contribution is 5.66. The standard InChI is InChI=1S/C12H14N6/c1-17-9-10(8-16-17)2-4-13-12-11-3-5-15-18(11)7-6-14-12/h3,5-9H,2,4H2,1H3,(H,13,14). The van der Waals surface area contributed by atoms with Crippen LogP contribution < -0.4 is 5.32 Å². The quantitative estimate of drug-likeness (QED) is 0.744. The minimum Gasteiger partial charge on any atom is -0.368 e. The van der Waals surface area contributed by atoms with Crippen molar-refractivity contribution >= 4 is 11.3 Å². The number of aryl methyl sites for hydroxylation is 1. The number of fused-ring (bicyclic) bond motifs is 1. The van der Waals surface area contributed by atoms with E-state index in [4.69, 9.17) is 0 Å². The van der Waals surface area contributed by atoms with Gasteiger partial charge < -0.3 is 5.32 Å². The zero-order valence-corrected chi connectivity index (χ0v) is 10.1.